The summed E-state index contributed by atoms with van der Waals surface area (Å²) in [6.07, 6.45) is 12.9. The van der Waals surface area contributed by atoms with E-state index in [-0.39, 0.29) is 12.5 Å². The first-order valence-electron chi connectivity index (χ1n) is 10.8. The first-order chi connectivity index (χ1) is 15.6. The molecule has 0 spiro atoms. The lowest BCUT2D eigenvalue weighted by atomic mass is 9.80. The molecule has 1 amide bonds. The summed E-state index contributed by atoms with van der Waals surface area (Å²) in [6.45, 7) is 0.0620. The monoisotopic (exact) mass is 425 g/mol. The van der Waals surface area contributed by atoms with Gasteiger partial charge in [-0.25, -0.2) is 4.52 Å². The molecule has 1 aromatic carbocycles. The molecule has 1 aliphatic rings. The molecule has 0 unspecified atom stereocenters. The Bertz CT molecular complexity index is 1300. The molecule has 0 radical (unpaired) electrons. The Morgan fingerprint density at radius 3 is 2.53 bits per heavy atom. The molecular formula is C24H23N7O. The fourth-order valence-corrected chi connectivity index (χ4v) is 4.58. The summed E-state index contributed by atoms with van der Waals surface area (Å²) in [5.74, 6) is 0.0814. The predicted octanol–water partition coefficient (Wildman–Crippen LogP) is 3.54. The molecule has 3 heterocycles. The zero-order valence-electron chi connectivity index (χ0n) is 17.6. The first kappa shape index (κ1) is 19.9. The minimum atomic E-state index is -0.423. The third-order valence-electron chi connectivity index (χ3n) is 6.24. The van der Waals surface area contributed by atoms with Crippen molar-refractivity contribution >= 4 is 11.4 Å². The highest BCUT2D eigenvalue weighted by atomic mass is 16.1. The van der Waals surface area contributed by atoms with Crippen LogP contribution in [-0.2, 0) is 11.3 Å². The van der Waals surface area contributed by atoms with Gasteiger partial charge in [0.15, 0.2) is 0 Å². The van der Waals surface area contributed by atoms with Crippen molar-refractivity contribution in [1.29, 1.82) is 5.26 Å². The standard InChI is InChI=1S/C24H23N7O/c25-11-16-1-3-19(4-2-16)23-24-21(13-29-31(24)10-9-27-23)18-7-5-17(6-8-18)20-12-28-30(14-20)15-22(26)32/h5-10,12-14,16,19H,1-4,15H2,(H2,26,32). The lowest BCUT2D eigenvalue weighted by Gasteiger charge is -2.24. The molecule has 0 atom stereocenters. The Kier molecular flexibility index (Phi) is 5.15. The summed E-state index contributed by atoms with van der Waals surface area (Å²) in [5.41, 5.74) is 11.4. The number of benzene rings is 1. The summed E-state index contributed by atoms with van der Waals surface area (Å²) >= 11 is 0. The summed E-state index contributed by atoms with van der Waals surface area (Å²) in [6, 6.07) is 10.6. The number of aromatic nitrogens is 5. The molecule has 4 aromatic rings. The van der Waals surface area contributed by atoms with Crippen molar-refractivity contribution in [1.82, 2.24) is 24.4 Å². The van der Waals surface area contributed by atoms with Crippen molar-refractivity contribution in [2.24, 2.45) is 11.7 Å². The molecule has 8 heteroatoms. The van der Waals surface area contributed by atoms with E-state index in [1.807, 2.05) is 41.4 Å². The fourth-order valence-electron chi connectivity index (χ4n) is 4.58. The molecule has 32 heavy (non-hydrogen) atoms. The van der Waals surface area contributed by atoms with Gasteiger partial charge in [0.25, 0.3) is 0 Å². The molecule has 1 fully saturated rings. The van der Waals surface area contributed by atoms with Gasteiger partial charge < -0.3 is 5.73 Å². The lowest BCUT2D eigenvalue weighted by Crippen LogP contribution is -2.18. The fraction of sp³-hybridized carbons (Fsp3) is 0.292. The summed E-state index contributed by atoms with van der Waals surface area (Å²) in [4.78, 5) is 15.8. The van der Waals surface area contributed by atoms with Crippen LogP contribution in [0.5, 0.6) is 0 Å². The second kappa shape index (κ2) is 8.27. The van der Waals surface area contributed by atoms with Gasteiger partial charge in [0, 0.05) is 41.6 Å². The maximum Gasteiger partial charge on any atom is 0.239 e. The number of carbonyl (C=O) groups is 1. The number of amides is 1. The van der Waals surface area contributed by atoms with Crippen LogP contribution in [0.4, 0.5) is 0 Å². The van der Waals surface area contributed by atoms with Crippen molar-refractivity contribution in [3.63, 3.8) is 0 Å². The molecule has 3 aromatic heterocycles. The van der Waals surface area contributed by atoms with Gasteiger partial charge in [0.2, 0.25) is 5.91 Å². The number of hydrogen-bond donors (Lipinski definition) is 1. The Morgan fingerprint density at radius 2 is 1.81 bits per heavy atom. The number of nitrogens with two attached hydrogens (primary N) is 1. The van der Waals surface area contributed by atoms with E-state index in [1.165, 1.54) is 4.68 Å². The molecule has 1 aliphatic carbocycles. The number of fused-ring (bicyclic) bond motifs is 1. The maximum atomic E-state index is 11.1. The molecule has 160 valence electrons. The Hall–Kier alpha value is -3.99. The van der Waals surface area contributed by atoms with Crippen LogP contribution in [0.15, 0.2) is 55.2 Å². The van der Waals surface area contributed by atoms with Crippen LogP contribution in [0.2, 0.25) is 0 Å². The van der Waals surface area contributed by atoms with Crippen molar-refractivity contribution in [2.45, 2.75) is 38.1 Å². The van der Waals surface area contributed by atoms with Gasteiger partial charge >= 0.3 is 0 Å². The zero-order valence-corrected chi connectivity index (χ0v) is 17.6. The average molecular weight is 425 g/mol. The Labute approximate surface area is 185 Å². The topological polar surface area (TPSA) is 115 Å². The van der Waals surface area contributed by atoms with E-state index in [0.717, 1.165) is 59.1 Å². The maximum absolute atomic E-state index is 11.1. The number of nitrogens with zero attached hydrogens (tertiary/aromatic N) is 6. The highest BCUT2D eigenvalue weighted by Crippen LogP contribution is 2.38. The van der Waals surface area contributed by atoms with Crippen LogP contribution in [0, 0.1) is 17.2 Å². The largest absolute Gasteiger partial charge is 0.368 e. The van der Waals surface area contributed by atoms with E-state index in [1.54, 1.807) is 6.20 Å². The second-order valence-electron chi connectivity index (χ2n) is 8.31. The van der Waals surface area contributed by atoms with Gasteiger partial charge in [-0.1, -0.05) is 24.3 Å². The van der Waals surface area contributed by atoms with Gasteiger partial charge in [-0.2, -0.15) is 15.5 Å². The van der Waals surface area contributed by atoms with Gasteiger partial charge in [-0.05, 0) is 36.8 Å². The summed E-state index contributed by atoms with van der Waals surface area (Å²) in [7, 11) is 0. The zero-order chi connectivity index (χ0) is 22.1. The van der Waals surface area contributed by atoms with Crippen molar-refractivity contribution < 1.29 is 4.79 Å². The molecule has 5 rings (SSSR count). The van der Waals surface area contributed by atoms with Crippen molar-refractivity contribution in [3.8, 4) is 28.3 Å². The van der Waals surface area contributed by atoms with E-state index in [9.17, 15) is 10.1 Å². The summed E-state index contributed by atoms with van der Waals surface area (Å²) < 4.78 is 3.44. The molecule has 2 N–H and O–H groups in total. The van der Waals surface area contributed by atoms with Crippen molar-refractivity contribution in [3.05, 3.63) is 60.9 Å². The molecule has 0 bridgehead atoms. The highest BCUT2D eigenvalue weighted by molar-refractivity contribution is 5.83. The number of primary amides is 1. The van der Waals surface area contributed by atoms with E-state index in [0.29, 0.717) is 5.92 Å². The van der Waals surface area contributed by atoms with Gasteiger partial charge in [-0.3, -0.25) is 14.5 Å². The first-order valence-corrected chi connectivity index (χ1v) is 10.8. The van der Waals surface area contributed by atoms with Gasteiger partial charge in [0.1, 0.15) is 6.54 Å². The Morgan fingerprint density at radius 1 is 1.06 bits per heavy atom. The summed E-state index contributed by atoms with van der Waals surface area (Å²) in [5, 5.41) is 18.0. The molecule has 0 aliphatic heterocycles. The van der Waals surface area contributed by atoms with Crippen molar-refractivity contribution in [2.75, 3.05) is 0 Å². The van der Waals surface area contributed by atoms with Crippen LogP contribution in [0.3, 0.4) is 0 Å². The third kappa shape index (κ3) is 3.73. The van der Waals surface area contributed by atoms with Crippen LogP contribution in [-0.4, -0.2) is 30.3 Å². The Balaban J connectivity index is 1.46. The van der Waals surface area contributed by atoms with E-state index >= 15 is 0 Å². The third-order valence-corrected chi connectivity index (χ3v) is 6.24. The average Bonchev–Trinajstić information content (AvgIpc) is 3.46. The second-order valence-corrected chi connectivity index (χ2v) is 8.31. The number of rotatable bonds is 5. The van der Waals surface area contributed by atoms with Crippen LogP contribution >= 0.6 is 0 Å². The SMILES string of the molecule is N#CC1CCC(c2nccn3ncc(-c4ccc(-c5cnn(CC(N)=O)c5)cc4)c23)CC1. The molecule has 1 saturated carbocycles. The van der Waals surface area contributed by atoms with Gasteiger partial charge in [-0.15, -0.1) is 0 Å². The molecule has 8 nitrogen and oxygen atoms in total. The number of hydrogen-bond acceptors (Lipinski definition) is 5. The van der Waals surface area contributed by atoms with Gasteiger partial charge in [0.05, 0.1) is 29.7 Å². The van der Waals surface area contributed by atoms with E-state index in [2.05, 4.69) is 28.4 Å². The highest BCUT2D eigenvalue weighted by Gasteiger charge is 2.26. The van der Waals surface area contributed by atoms with Crippen LogP contribution < -0.4 is 5.73 Å². The molecule has 0 saturated heterocycles. The van der Waals surface area contributed by atoms with Crippen LogP contribution in [0.25, 0.3) is 27.8 Å². The van der Waals surface area contributed by atoms with E-state index < -0.39 is 5.91 Å². The van der Waals surface area contributed by atoms with Crippen LogP contribution in [0.1, 0.15) is 37.3 Å². The predicted molar refractivity (Wildman–Crippen MR) is 119 cm³/mol. The quantitative estimate of drug-likeness (QED) is 0.525. The smallest absolute Gasteiger partial charge is 0.239 e. The normalized spacial score (nSPS) is 18.5. The van der Waals surface area contributed by atoms with E-state index in [4.69, 9.17) is 10.7 Å². The molecular weight excluding hydrogens is 402 g/mol. The number of nitriles is 1. The minimum Gasteiger partial charge on any atom is -0.368 e. The lowest BCUT2D eigenvalue weighted by molar-refractivity contribution is -0.118. The minimum absolute atomic E-state index is 0.0620. The number of carbonyl (C=O) groups excluding carboxylic acids is 1.